The van der Waals surface area contributed by atoms with Gasteiger partial charge >= 0.3 is 0 Å². The minimum absolute atomic E-state index is 0.388. The molecular weight excluding hydrogens is 214 g/mol. The van der Waals surface area contributed by atoms with Crippen LogP contribution in [0.5, 0.6) is 5.75 Å². The summed E-state index contributed by atoms with van der Waals surface area (Å²) in [5, 5.41) is 13.9. The first-order valence-electron chi connectivity index (χ1n) is 6.20. The number of benzene rings is 1. The quantitative estimate of drug-likeness (QED) is 0.838. The summed E-state index contributed by atoms with van der Waals surface area (Å²) in [4.78, 5) is 0. The largest absolute Gasteiger partial charge is 0.497 e. The average Bonchev–Trinajstić information content (AvgIpc) is 2.28. The van der Waals surface area contributed by atoms with E-state index in [0.29, 0.717) is 12.5 Å². The van der Waals surface area contributed by atoms with E-state index in [1.54, 1.807) is 7.11 Å². The van der Waals surface area contributed by atoms with Crippen LogP contribution in [0.1, 0.15) is 25.3 Å². The molecule has 17 heavy (non-hydrogen) atoms. The number of ether oxygens (including phenoxy) is 1. The fourth-order valence-corrected chi connectivity index (χ4v) is 2.62. The van der Waals surface area contributed by atoms with E-state index in [1.807, 2.05) is 24.3 Å². The van der Waals surface area contributed by atoms with Crippen molar-refractivity contribution in [2.24, 2.45) is 0 Å². The lowest BCUT2D eigenvalue weighted by Crippen LogP contribution is -2.47. The van der Waals surface area contributed by atoms with Gasteiger partial charge in [-0.3, -0.25) is 0 Å². The maximum absolute atomic E-state index is 10.6. The fraction of sp³-hybridized carbons (Fsp3) is 0.571. The Morgan fingerprint density at radius 3 is 3.06 bits per heavy atom. The van der Waals surface area contributed by atoms with Crippen molar-refractivity contribution in [2.45, 2.75) is 37.8 Å². The van der Waals surface area contributed by atoms with Gasteiger partial charge in [0, 0.05) is 12.5 Å². The summed E-state index contributed by atoms with van der Waals surface area (Å²) in [6, 6.07) is 8.35. The molecule has 3 nitrogen and oxygen atoms in total. The van der Waals surface area contributed by atoms with E-state index in [1.165, 1.54) is 0 Å². The third-order valence-corrected chi connectivity index (χ3v) is 3.44. The first kappa shape index (κ1) is 12.4. The van der Waals surface area contributed by atoms with Gasteiger partial charge in [0.1, 0.15) is 5.75 Å². The molecule has 1 fully saturated rings. The number of hydrogen-bond acceptors (Lipinski definition) is 3. The first-order valence-corrected chi connectivity index (χ1v) is 6.20. The molecule has 0 aromatic heterocycles. The minimum Gasteiger partial charge on any atom is -0.497 e. The monoisotopic (exact) mass is 235 g/mol. The highest BCUT2D eigenvalue weighted by Crippen LogP contribution is 2.27. The first-order chi connectivity index (χ1) is 8.11. The predicted molar refractivity (Wildman–Crippen MR) is 68.3 cm³/mol. The molecule has 94 valence electrons. The molecule has 1 aliphatic rings. The van der Waals surface area contributed by atoms with Crippen LogP contribution >= 0.6 is 0 Å². The van der Waals surface area contributed by atoms with Crippen LogP contribution in [0.2, 0.25) is 0 Å². The molecule has 1 heterocycles. The van der Waals surface area contributed by atoms with Gasteiger partial charge in [-0.2, -0.15) is 0 Å². The normalized spacial score (nSPS) is 29.0. The molecule has 2 unspecified atom stereocenters. The molecule has 0 amide bonds. The Morgan fingerprint density at radius 1 is 1.53 bits per heavy atom. The van der Waals surface area contributed by atoms with E-state index in [-0.39, 0.29) is 0 Å². The second kappa shape index (κ2) is 5.07. The molecule has 2 atom stereocenters. The topological polar surface area (TPSA) is 41.5 Å². The maximum Gasteiger partial charge on any atom is 0.119 e. The number of hydrogen-bond donors (Lipinski definition) is 2. The van der Waals surface area contributed by atoms with Gasteiger partial charge in [-0.25, -0.2) is 0 Å². The number of piperidine rings is 1. The number of nitrogens with one attached hydrogen (secondary N) is 1. The van der Waals surface area contributed by atoms with Crippen LogP contribution < -0.4 is 10.1 Å². The van der Waals surface area contributed by atoms with E-state index < -0.39 is 5.60 Å². The van der Waals surface area contributed by atoms with Crippen LogP contribution in [-0.4, -0.2) is 30.4 Å². The minimum atomic E-state index is -0.572. The van der Waals surface area contributed by atoms with Crippen molar-refractivity contribution >= 4 is 0 Å². The predicted octanol–water partition coefficient (Wildman–Crippen LogP) is 1.74. The second-order valence-corrected chi connectivity index (χ2v) is 5.06. The van der Waals surface area contributed by atoms with Crippen molar-refractivity contribution in [3.8, 4) is 5.75 Å². The zero-order valence-corrected chi connectivity index (χ0v) is 10.6. The molecule has 1 aliphatic heterocycles. The third-order valence-electron chi connectivity index (χ3n) is 3.44. The van der Waals surface area contributed by atoms with Crippen molar-refractivity contribution in [3.63, 3.8) is 0 Å². The molecular formula is C14H21NO2. The Labute approximate surface area is 103 Å². The summed E-state index contributed by atoms with van der Waals surface area (Å²) in [6.45, 7) is 3.01. The van der Waals surface area contributed by atoms with Gasteiger partial charge in [0.05, 0.1) is 12.7 Å². The summed E-state index contributed by atoms with van der Waals surface area (Å²) < 4.78 is 5.20. The molecule has 3 heteroatoms. The standard InChI is InChI=1S/C14H21NO2/c1-11-9-14(16,6-7-15-11)10-12-4-3-5-13(8-12)17-2/h3-5,8,11,15-16H,6-7,9-10H2,1-2H3. The van der Waals surface area contributed by atoms with E-state index in [4.69, 9.17) is 4.74 Å². The van der Waals surface area contributed by atoms with E-state index >= 15 is 0 Å². The van der Waals surface area contributed by atoms with Crippen LogP contribution in [0.25, 0.3) is 0 Å². The Bertz CT molecular complexity index is 380. The summed E-state index contributed by atoms with van der Waals surface area (Å²) in [5.74, 6) is 0.855. The molecule has 2 N–H and O–H groups in total. The summed E-state index contributed by atoms with van der Waals surface area (Å²) in [5.41, 5.74) is 0.567. The molecule has 1 aromatic carbocycles. The Balaban J connectivity index is 2.08. The molecule has 0 saturated carbocycles. The lowest BCUT2D eigenvalue weighted by atomic mass is 9.83. The second-order valence-electron chi connectivity index (χ2n) is 5.06. The number of methoxy groups -OCH3 is 1. The van der Waals surface area contributed by atoms with Crippen LogP contribution in [0.3, 0.4) is 0 Å². The highest BCUT2D eigenvalue weighted by Gasteiger charge is 2.32. The van der Waals surface area contributed by atoms with Crippen molar-refractivity contribution in [2.75, 3.05) is 13.7 Å². The lowest BCUT2D eigenvalue weighted by Gasteiger charge is -2.36. The van der Waals surface area contributed by atoms with Crippen molar-refractivity contribution in [1.29, 1.82) is 0 Å². The zero-order valence-electron chi connectivity index (χ0n) is 10.6. The lowest BCUT2D eigenvalue weighted by molar-refractivity contribution is -0.00127. The fourth-order valence-electron chi connectivity index (χ4n) is 2.62. The van der Waals surface area contributed by atoms with Gasteiger partial charge in [0.15, 0.2) is 0 Å². The summed E-state index contributed by atoms with van der Waals surface area (Å²) in [6.07, 6.45) is 2.33. The third kappa shape index (κ3) is 3.20. The van der Waals surface area contributed by atoms with Crippen molar-refractivity contribution < 1.29 is 9.84 Å². The highest BCUT2D eigenvalue weighted by molar-refractivity contribution is 5.29. The Kier molecular flexibility index (Phi) is 3.69. The Morgan fingerprint density at radius 2 is 2.35 bits per heavy atom. The number of aliphatic hydroxyl groups is 1. The van der Waals surface area contributed by atoms with Gasteiger partial charge < -0.3 is 15.2 Å². The Hall–Kier alpha value is -1.06. The molecule has 0 aliphatic carbocycles. The van der Waals surface area contributed by atoms with E-state index in [2.05, 4.69) is 12.2 Å². The van der Waals surface area contributed by atoms with Crippen molar-refractivity contribution in [1.82, 2.24) is 5.32 Å². The van der Waals surface area contributed by atoms with Crippen LogP contribution in [0, 0.1) is 0 Å². The molecule has 1 aromatic rings. The SMILES string of the molecule is COc1cccc(CC2(O)CCNC(C)C2)c1. The molecule has 2 rings (SSSR count). The molecule has 0 spiro atoms. The van der Waals surface area contributed by atoms with E-state index in [0.717, 1.165) is 30.7 Å². The summed E-state index contributed by atoms with van der Waals surface area (Å²) in [7, 11) is 1.67. The van der Waals surface area contributed by atoms with Crippen molar-refractivity contribution in [3.05, 3.63) is 29.8 Å². The number of rotatable bonds is 3. The molecule has 0 radical (unpaired) electrons. The maximum atomic E-state index is 10.6. The van der Waals surface area contributed by atoms with Crippen LogP contribution in [0.4, 0.5) is 0 Å². The molecule has 1 saturated heterocycles. The van der Waals surface area contributed by atoms with E-state index in [9.17, 15) is 5.11 Å². The van der Waals surface area contributed by atoms with Gasteiger partial charge in [-0.1, -0.05) is 12.1 Å². The van der Waals surface area contributed by atoms with Crippen LogP contribution in [-0.2, 0) is 6.42 Å². The van der Waals surface area contributed by atoms with Gasteiger partial charge in [0.2, 0.25) is 0 Å². The zero-order chi connectivity index (χ0) is 12.3. The van der Waals surface area contributed by atoms with Crippen LogP contribution in [0.15, 0.2) is 24.3 Å². The smallest absolute Gasteiger partial charge is 0.119 e. The van der Waals surface area contributed by atoms with Gasteiger partial charge in [-0.05, 0) is 44.0 Å². The van der Waals surface area contributed by atoms with Gasteiger partial charge in [-0.15, -0.1) is 0 Å². The highest BCUT2D eigenvalue weighted by atomic mass is 16.5. The molecule has 0 bridgehead atoms. The average molecular weight is 235 g/mol. The summed E-state index contributed by atoms with van der Waals surface area (Å²) >= 11 is 0. The van der Waals surface area contributed by atoms with Gasteiger partial charge in [0.25, 0.3) is 0 Å².